The average molecular weight is 194 g/mol. The van der Waals surface area contributed by atoms with Gasteiger partial charge < -0.3 is 9.63 Å². The SMILES string of the molecule is OC1CCCC1c1nc(C2CC2)no1. The third kappa shape index (κ3) is 1.34. The van der Waals surface area contributed by atoms with E-state index in [0.29, 0.717) is 11.8 Å². The summed E-state index contributed by atoms with van der Waals surface area (Å²) in [5.74, 6) is 2.12. The Kier molecular flexibility index (Phi) is 1.83. The highest BCUT2D eigenvalue weighted by atomic mass is 16.5. The van der Waals surface area contributed by atoms with Crippen molar-refractivity contribution < 1.29 is 9.63 Å². The molecule has 3 rings (SSSR count). The van der Waals surface area contributed by atoms with Gasteiger partial charge in [-0.25, -0.2) is 0 Å². The molecule has 0 bridgehead atoms. The fourth-order valence-electron chi connectivity index (χ4n) is 2.13. The summed E-state index contributed by atoms with van der Waals surface area (Å²) in [6.07, 6.45) is 5.01. The molecule has 0 radical (unpaired) electrons. The smallest absolute Gasteiger partial charge is 0.232 e. The van der Waals surface area contributed by atoms with Gasteiger partial charge in [0.1, 0.15) is 0 Å². The summed E-state index contributed by atoms with van der Waals surface area (Å²) in [6.45, 7) is 0. The van der Waals surface area contributed by atoms with E-state index in [1.165, 1.54) is 12.8 Å². The average Bonchev–Trinajstić information content (AvgIpc) is 2.75. The van der Waals surface area contributed by atoms with Crippen molar-refractivity contribution in [2.75, 3.05) is 0 Å². The minimum Gasteiger partial charge on any atom is -0.392 e. The fourth-order valence-corrected chi connectivity index (χ4v) is 2.13. The lowest BCUT2D eigenvalue weighted by molar-refractivity contribution is 0.148. The molecular formula is C10H14N2O2. The molecule has 4 heteroatoms. The van der Waals surface area contributed by atoms with Crippen molar-refractivity contribution in [3.8, 4) is 0 Å². The van der Waals surface area contributed by atoms with Crippen LogP contribution in [0.3, 0.4) is 0 Å². The van der Waals surface area contributed by atoms with Crippen LogP contribution in [0.5, 0.6) is 0 Å². The van der Waals surface area contributed by atoms with Crippen LogP contribution in [-0.2, 0) is 0 Å². The van der Waals surface area contributed by atoms with E-state index in [4.69, 9.17) is 4.52 Å². The second-order valence-electron chi connectivity index (χ2n) is 4.37. The Balaban J connectivity index is 1.81. The van der Waals surface area contributed by atoms with Crippen LogP contribution in [0.2, 0.25) is 0 Å². The van der Waals surface area contributed by atoms with E-state index < -0.39 is 0 Å². The van der Waals surface area contributed by atoms with Crippen molar-refractivity contribution >= 4 is 0 Å². The summed E-state index contributed by atoms with van der Waals surface area (Å²) in [5.41, 5.74) is 0. The molecule has 2 saturated carbocycles. The summed E-state index contributed by atoms with van der Waals surface area (Å²) in [7, 11) is 0. The van der Waals surface area contributed by atoms with E-state index in [2.05, 4.69) is 10.1 Å². The van der Waals surface area contributed by atoms with Gasteiger partial charge in [0.05, 0.1) is 12.0 Å². The number of aliphatic hydroxyl groups is 1. The molecule has 14 heavy (non-hydrogen) atoms. The van der Waals surface area contributed by atoms with E-state index in [1.54, 1.807) is 0 Å². The van der Waals surface area contributed by atoms with Crippen molar-refractivity contribution in [2.45, 2.75) is 50.0 Å². The maximum atomic E-state index is 9.68. The summed E-state index contributed by atoms with van der Waals surface area (Å²) in [4.78, 5) is 4.37. The Morgan fingerprint density at radius 3 is 2.71 bits per heavy atom. The minimum absolute atomic E-state index is 0.0926. The van der Waals surface area contributed by atoms with Crippen LogP contribution in [0.25, 0.3) is 0 Å². The van der Waals surface area contributed by atoms with Gasteiger partial charge in [0.15, 0.2) is 5.82 Å². The zero-order valence-corrected chi connectivity index (χ0v) is 8.02. The number of nitrogens with zero attached hydrogens (tertiary/aromatic N) is 2. The van der Waals surface area contributed by atoms with E-state index in [9.17, 15) is 5.11 Å². The van der Waals surface area contributed by atoms with Crippen LogP contribution in [0.4, 0.5) is 0 Å². The number of rotatable bonds is 2. The third-order valence-corrected chi connectivity index (χ3v) is 3.20. The van der Waals surface area contributed by atoms with Crippen LogP contribution in [-0.4, -0.2) is 21.4 Å². The highest BCUT2D eigenvalue weighted by molar-refractivity contribution is 5.07. The first-order valence-electron chi connectivity index (χ1n) is 5.36. The summed E-state index contributed by atoms with van der Waals surface area (Å²) in [6, 6.07) is 0. The largest absolute Gasteiger partial charge is 0.392 e. The number of aromatic nitrogens is 2. The van der Waals surface area contributed by atoms with Crippen LogP contribution in [0, 0.1) is 0 Å². The maximum absolute atomic E-state index is 9.68. The fraction of sp³-hybridized carbons (Fsp3) is 0.800. The van der Waals surface area contributed by atoms with Crippen molar-refractivity contribution in [3.05, 3.63) is 11.7 Å². The van der Waals surface area contributed by atoms with Crippen molar-refractivity contribution in [3.63, 3.8) is 0 Å². The lowest BCUT2D eigenvalue weighted by Crippen LogP contribution is -2.11. The summed E-state index contributed by atoms with van der Waals surface area (Å²) in [5, 5.41) is 13.6. The first kappa shape index (κ1) is 8.41. The molecule has 2 aliphatic rings. The predicted octanol–water partition coefficient (Wildman–Crippen LogP) is 1.58. The normalized spacial score (nSPS) is 32.4. The Bertz CT molecular complexity index is 333. The minimum atomic E-state index is -0.275. The maximum Gasteiger partial charge on any atom is 0.232 e. The zero-order valence-electron chi connectivity index (χ0n) is 8.02. The number of hydrogen-bond donors (Lipinski definition) is 1. The number of hydrogen-bond acceptors (Lipinski definition) is 4. The Hall–Kier alpha value is -0.900. The Labute approximate surface area is 82.3 Å². The lowest BCUT2D eigenvalue weighted by atomic mass is 10.1. The first-order valence-corrected chi connectivity index (χ1v) is 5.36. The van der Waals surface area contributed by atoms with Crippen molar-refractivity contribution in [2.24, 2.45) is 0 Å². The highest BCUT2D eigenvalue weighted by Crippen LogP contribution is 2.40. The van der Waals surface area contributed by atoms with Crippen LogP contribution < -0.4 is 0 Å². The molecule has 2 atom stereocenters. The molecule has 76 valence electrons. The van der Waals surface area contributed by atoms with Gasteiger partial charge in [-0.15, -0.1) is 0 Å². The van der Waals surface area contributed by atoms with Gasteiger partial charge in [-0.3, -0.25) is 0 Å². The van der Waals surface area contributed by atoms with Gasteiger partial charge in [0.2, 0.25) is 5.89 Å². The standard InChI is InChI=1S/C10H14N2O2/c13-8-3-1-2-7(8)10-11-9(12-14-10)6-4-5-6/h6-8,13H,1-5H2. The van der Waals surface area contributed by atoms with E-state index in [0.717, 1.165) is 25.1 Å². The van der Waals surface area contributed by atoms with Crippen LogP contribution >= 0.6 is 0 Å². The zero-order chi connectivity index (χ0) is 9.54. The first-order chi connectivity index (χ1) is 6.84. The van der Waals surface area contributed by atoms with E-state index in [1.807, 2.05) is 0 Å². The van der Waals surface area contributed by atoms with E-state index >= 15 is 0 Å². The monoisotopic (exact) mass is 194 g/mol. The summed E-state index contributed by atoms with van der Waals surface area (Å²) < 4.78 is 5.20. The topological polar surface area (TPSA) is 59.2 Å². The molecule has 1 heterocycles. The molecular weight excluding hydrogens is 180 g/mol. The van der Waals surface area contributed by atoms with E-state index in [-0.39, 0.29) is 12.0 Å². The predicted molar refractivity (Wildman–Crippen MR) is 48.9 cm³/mol. The molecule has 0 spiro atoms. The molecule has 4 nitrogen and oxygen atoms in total. The van der Waals surface area contributed by atoms with Gasteiger partial charge in [-0.05, 0) is 32.1 Å². The van der Waals surface area contributed by atoms with Gasteiger partial charge in [-0.1, -0.05) is 5.16 Å². The van der Waals surface area contributed by atoms with Gasteiger partial charge in [0.25, 0.3) is 0 Å². The molecule has 0 aromatic carbocycles. The van der Waals surface area contributed by atoms with Crippen LogP contribution in [0.1, 0.15) is 55.7 Å². The molecule has 1 aromatic heterocycles. The second-order valence-corrected chi connectivity index (χ2v) is 4.37. The molecule has 2 fully saturated rings. The molecule has 0 amide bonds. The Morgan fingerprint density at radius 1 is 1.21 bits per heavy atom. The molecule has 1 N–H and O–H groups in total. The quantitative estimate of drug-likeness (QED) is 0.776. The molecule has 2 aliphatic carbocycles. The van der Waals surface area contributed by atoms with Crippen molar-refractivity contribution in [1.29, 1.82) is 0 Å². The van der Waals surface area contributed by atoms with Crippen LogP contribution in [0.15, 0.2) is 4.52 Å². The molecule has 1 aromatic rings. The Morgan fingerprint density at radius 2 is 2.07 bits per heavy atom. The summed E-state index contributed by atoms with van der Waals surface area (Å²) >= 11 is 0. The van der Waals surface area contributed by atoms with Crippen molar-refractivity contribution in [1.82, 2.24) is 10.1 Å². The molecule has 2 unspecified atom stereocenters. The third-order valence-electron chi connectivity index (χ3n) is 3.20. The number of aliphatic hydroxyl groups excluding tert-OH is 1. The van der Waals surface area contributed by atoms with Gasteiger partial charge >= 0.3 is 0 Å². The molecule has 0 saturated heterocycles. The second kappa shape index (κ2) is 3.05. The van der Waals surface area contributed by atoms with Gasteiger partial charge in [-0.2, -0.15) is 4.98 Å². The van der Waals surface area contributed by atoms with Gasteiger partial charge in [0, 0.05) is 5.92 Å². The highest BCUT2D eigenvalue weighted by Gasteiger charge is 2.34. The molecule has 0 aliphatic heterocycles. The lowest BCUT2D eigenvalue weighted by Gasteiger charge is -2.07.